The first-order valence-electron chi connectivity index (χ1n) is 24.0. The maximum absolute atomic E-state index is 13.7. The summed E-state index contributed by atoms with van der Waals surface area (Å²) < 4.78 is 35.1. The van der Waals surface area contributed by atoms with Crippen molar-refractivity contribution in [3.63, 3.8) is 0 Å². The first kappa shape index (κ1) is 44.4. The molecule has 5 aliphatic rings. The van der Waals surface area contributed by atoms with Crippen LogP contribution in [0, 0.1) is 6.92 Å². The first-order chi connectivity index (χ1) is 33.4. The van der Waals surface area contributed by atoms with Crippen molar-refractivity contribution in [3.8, 4) is 28.4 Å². The molecule has 14 nitrogen and oxygen atoms in total. The molecule has 0 aliphatic carbocycles. The highest BCUT2D eigenvalue weighted by atomic mass is 32.2. The van der Waals surface area contributed by atoms with Crippen molar-refractivity contribution < 1.29 is 32.6 Å². The smallest absolute Gasteiger partial charge is 0.251 e. The molecule has 0 fully saturated rings. The van der Waals surface area contributed by atoms with E-state index in [4.69, 9.17) is 15.0 Å². The molecule has 69 heavy (non-hydrogen) atoms. The van der Waals surface area contributed by atoms with Gasteiger partial charge < -0.3 is 30.2 Å². The van der Waals surface area contributed by atoms with Crippen LogP contribution >= 0.6 is 0 Å². The molecule has 352 valence electrons. The second-order valence-corrected chi connectivity index (χ2v) is 20.4. The Morgan fingerprint density at radius 3 is 2.29 bits per heavy atom. The fourth-order valence-electron chi connectivity index (χ4n) is 11.1. The number of amides is 2. The number of benzene rings is 5. The Kier molecular flexibility index (Phi) is 11.4. The highest BCUT2D eigenvalue weighted by molar-refractivity contribution is 7.89. The molecule has 15 heteroatoms. The largest absolute Gasteiger partial charge is 0.545 e. The van der Waals surface area contributed by atoms with Gasteiger partial charge in [0.15, 0.2) is 0 Å². The molecule has 0 saturated heterocycles. The van der Waals surface area contributed by atoms with E-state index in [9.17, 15) is 27.9 Å². The number of ether oxygens (including phenoxy) is 1. The van der Waals surface area contributed by atoms with Crippen molar-refractivity contribution in [1.29, 1.82) is 0 Å². The van der Waals surface area contributed by atoms with Crippen molar-refractivity contribution in [1.82, 2.24) is 25.0 Å². The number of rotatable bonds is 12. The van der Waals surface area contributed by atoms with Crippen LogP contribution in [0.5, 0.6) is 11.5 Å². The number of primary sulfonamides is 1. The summed E-state index contributed by atoms with van der Waals surface area (Å²) in [7, 11) is -3.87. The summed E-state index contributed by atoms with van der Waals surface area (Å²) in [5.41, 5.74) is 12.5. The number of carboxylic acids is 1. The van der Waals surface area contributed by atoms with Gasteiger partial charge in [-0.05, 0) is 111 Å². The number of nitrogens with two attached hydrogens (primary N) is 1. The molecule has 4 N–H and O–H groups in total. The highest BCUT2D eigenvalue weighted by Gasteiger charge is 2.36. The van der Waals surface area contributed by atoms with E-state index < -0.39 is 21.9 Å². The van der Waals surface area contributed by atoms with Crippen molar-refractivity contribution in [2.24, 2.45) is 5.14 Å². The maximum atomic E-state index is 13.7. The minimum absolute atomic E-state index is 0.0115. The molecular weight excluding hydrogens is 891 g/mol. The van der Waals surface area contributed by atoms with Gasteiger partial charge in [-0.1, -0.05) is 35.9 Å². The molecule has 5 aliphatic heterocycles. The predicted octanol–water partition coefficient (Wildman–Crippen LogP) is 3.77. The number of aromatic nitrogens is 2. The third-order valence-corrected chi connectivity index (χ3v) is 15.2. The molecule has 2 amide bonds. The second-order valence-electron chi connectivity index (χ2n) is 18.8. The van der Waals surface area contributed by atoms with Gasteiger partial charge in [0.25, 0.3) is 5.91 Å². The summed E-state index contributed by atoms with van der Waals surface area (Å²) in [5.74, 6) is -0.453. The number of nitrogens with one attached hydrogen (secondary N) is 2. The van der Waals surface area contributed by atoms with Gasteiger partial charge in [-0.25, -0.2) is 22.8 Å². The number of aromatic carboxylic acids is 1. The standard InChI is InChI=1S/C54H53N7O7S/c1-32-10-12-33(13-11-32)46-31-37(58-61(46)38-16-18-39(19-17-38)69(55,66)67)15-21-47(62)56-22-23-57-53(63)36-14-20-40(43(30-36)54(64)65)48-44-28-34-6-2-24-59-26-4-8-41(49(34)59)51(44)68-52-42-9-5-27-60-25-3-7-35(50(42)60)29-45(48)52/h10-14,16-20,28-31H,2-9,15,21-27H2,1H3,(H4-,55,56,57,62,63,64,65,66,67). The molecule has 0 radical (unpaired) electrons. The number of sulfonamides is 1. The molecule has 0 unspecified atom stereocenters. The number of nitrogens with zero attached hydrogens (tertiary/aromatic N) is 4. The van der Waals surface area contributed by atoms with E-state index in [1.54, 1.807) is 28.9 Å². The van der Waals surface area contributed by atoms with Crippen LogP contribution in [0.1, 0.15) is 97.5 Å². The Bertz CT molecular complexity index is 3370. The summed E-state index contributed by atoms with van der Waals surface area (Å²) >= 11 is 0. The van der Waals surface area contributed by atoms with Crippen molar-refractivity contribution >= 4 is 39.1 Å². The third kappa shape index (κ3) is 8.26. The monoisotopic (exact) mass is 943 g/mol. The van der Waals surface area contributed by atoms with Gasteiger partial charge in [-0.2, -0.15) is 5.10 Å². The number of carboxylic acid groups (broad SMARTS) is 1. The van der Waals surface area contributed by atoms with E-state index in [-0.39, 0.29) is 41.4 Å². The second kappa shape index (κ2) is 17.8. The number of fused-ring (bicyclic) bond motifs is 4. The normalized spacial score (nSPS) is 15.6. The number of anilines is 1. The topological polar surface area (TPSA) is 192 Å². The van der Waals surface area contributed by atoms with Crippen LogP contribution in [0.2, 0.25) is 0 Å². The summed E-state index contributed by atoms with van der Waals surface area (Å²) in [5, 5.41) is 31.2. The molecule has 0 bridgehead atoms. The van der Waals surface area contributed by atoms with Crippen molar-refractivity contribution in [3.05, 3.63) is 151 Å². The molecule has 0 atom stereocenters. The van der Waals surface area contributed by atoms with Gasteiger partial charge in [0, 0.05) is 102 Å². The molecule has 0 saturated carbocycles. The molecular formula is C54H53N7O7S. The predicted molar refractivity (Wildman–Crippen MR) is 260 cm³/mol. The zero-order valence-corrected chi connectivity index (χ0v) is 39.3. The zero-order chi connectivity index (χ0) is 47.6. The number of hydrogen-bond acceptors (Lipinski definition) is 9. The average Bonchev–Trinajstić information content (AvgIpc) is 3.79. The minimum atomic E-state index is -3.87. The molecule has 1 aromatic heterocycles. The SMILES string of the molecule is Cc1ccc(-c2cc(CCC(=O)NCCNC(=O)c3ccc(C4=c5cc6c7c(c5Oc5c4cc4c8c5CCCN8CCC4)CCC[N+]=7CCC6)c(C(=O)[O-])c3)nn2-c2ccc(S(N)(=O)=O)cc2)cc1. The van der Waals surface area contributed by atoms with Crippen LogP contribution in [-0.4, -0.2) is 75.3 Å². The van der Waals surface area contributed by atoms with Gasteiger partial charge in [0.2, 0.25) is 21.3 Å². The summed E-state index contributed by atoms with van der Waals surface area (Å²) in [4.78, 5) is 42.4. The van der Waals surface area contributed by atoms with Crippen molar-refractivity contribution in [2.45, 2.75) is 76.0 Å². The van der Waals surface area contributed by atoms with E-state index in [2.05, 4.69) is 32.2 Å². The number of carbonyl (C=O) groups excluding carboxylic acids is 3. The Morgan fingerprint density at radius 1 is 0.797 bits per heavy atom. The fraction of sp³-hybridized carbons (Fsp3) is 0.315. The molecule has 6 heterocycles. The number of aryl methyl sites for hydroxylation is 4. The third-order valence-electron chi connectivity index (χ3n) is 14.3. The van der Waals surface area contributed by atoms with E-state index in [1.807, 2.05) is 37.3 Å². The molecule has 0 spiro atoms. The first-order valence-corrected chi connectivity index (χ1v) is 25.6. The molecule has 11 rings (SSSR count). The Labute approximate surface area is 400 Å². The lowest BCUT2D eigenvalue weighted by Gasteiger charge is -2.39. The van der Waals surface area contributed by atoms with Gasteiger partial charge >= 0.3 is 0 Å². The highest BCUT2D eigenvalue weighted by Crippen LogP contribution is 2.49. The molecule has 5 aromatic carbocycles. The van der Waals surface area contributed by atoms with E-state index in [0.29, 0.717) is 23.4 Å². The van der Waals surface area contributed by atoms with Crippen LogP contribution in [0.25, 0.3) is 22.5 Å². The summed E-state index contributed by atoms with van der Waals surface area (Å²) in [6.07, 6.45) is 8.24. The van der Waals surface area contributed by atoms with Crippen LogP contribution in [-0.2, 0) is 46.9 Å². The van der Waals surface area contributed by atoms with E-state index >= 15 is 0 Å². The summed E-state index contributed by atoms with van der Waals surface area (Å²) in [6, 6.07) is 25.3. The Balaban J connectivity index is 0.824. The number of carbonyl (C=O) groups is 3. The number of hydrogen-bond donors (Lipinski definition) is 3. The lowest BCUT2D eigenvalue weighted by molar-refractivity contribution is -0.255. The molecule has 6 aromatic rings. The average molecular weight is 944 g/mol. The van der Waals surface area contributed by atoms with Crippen LogP contribution in [0.4, 0.5) is 5.69 Å². The van der Waals surface area contributed by atoms with Crippen LogP contribution in [0.15, 0.2) is 89.8 Å². The lowest BCUT2D eigenvalue weighted by Crippen LogP contribution is -2.45. The quantitative estimate of drug-likeness (QED) is 0.121. The van der Waals surface area contributed by atoms with Gasteiger partial charge in [0.1, 0.15) is 24.6 Å². The van der Waals surface area contributed by atoms with Crippen molar-refractivity contribution in [2.75, 3.05) is 44.2 Å². The Hall–Kier alpha value is -7.10. The minimum Gasteiger partial charge on any atom is -0.545 e. The van der Waals surface area contributed by atoms with Crippen LogP contribution in [0.3, 0.4) is 0 Å². The van der Waals surface area contributed by atoms with Crippen LogP contribution < -0.4 is 45.7 Å². The fourth-order valence-corrected chi connectivity index (χ4v) is 11.7. The lowest BCUT2D eigenvalue weighted by atomic mass is 9.81. The van der Waals surface area contributed by atoms with Gasteiger partial charge in [-0.3, -0.25) is 9.59 Å². The zero-order valence-electron chi connectivity index (χ0n) is 38.5. The van der Waals surface area contributed by atoms with E-state index in [0.717, 1.165) is 122 Å². The van der Waals surface area contributed by atoms with Gasteiger partial charge in [-0.15, -0.1) is 0 Å². The Morgan fingerprint density at radius 2 is 1.52 bits per heavy atom. The van der Waals surface area contributed by atoms with E-state index in [1.165, 1.54) is 51.5 Å². The van der Waals surface area contributed by atoms with Gasteiger partial charge in [0.05, 0.1) is 33.5 Å². The maximum Gasteiger partial charge on any atom is 0.251 e. The summed E-state index contributed by atoms with van der Waals surface area (Å²) in [6.45, 7) is 6.31.